The maximum absolute atomic E-state index is 10.8. The largest absolute Gasteiger partial charge is 0.378 e. The molecule has 0 fully saturated rings. The normalized spacial score (nSPS) is 11.3. The van der Waals surface area contributed by atoms with Gasteiger partial charge in [-0.2, -0.15) is 0 Å². The van der Waals surface area contributed by atoms with Gasteiger partial charge in [0.1, 0.15) is 5.82 Å². The molecule has 1 heterocycles. The van der Waals surface area contributed by atoms with E-state index >= 15 is 0 Å². The van der Waals surface area contributed by atoms with Gasteiger partial charge in [-0.1, -0.05) is 12.1 Å². The number of hydrogen-bond acceptors (Lipinski definition) is 4. The molecule has 0 aliphatic rings. The first-order valence-corrected chi connectivity index (χ1v) is 10.7. The molecule has 6 nitrogen and oxygen atoms in total. The fourth-order valence-corrected chi connectivity index (χ4v) is 3.65. The van der Waals surface area contributed by atoms with Crippen LogP contribution in [0.4, 0.5) is 11.4 Å². The summed E-state index contributed by atoms with van der Waals surface area (Å²) in [6, 6.07) is 14.0. The van der Waals surface area contributed by atoms with Gasteiger partial charge in [0.15, 0.2) is 0 Å². The van der Waals surface area contributed by atoms with Crippen LogP contribution in [0.3, 0.4) is 0 Å². The number of carbonyl (C=O) groups excluding carboxylic acids is 1. The first kappa shape index (κ1) is 22.0. The summed E-state index contributed by atoms with van der Waals surface area (Å²) in [5.74, 6) is 1.56. The number of halogens is 2. The van der Waals surface area contributed by atoms with Gasteiger partial charge in [-0.3, -0.25) is 4.79 Å². The Morgan fingerprint density at radius 3 is 2.50 bits per heavy atom. The molecule has 158 valence electrons. The van der Waals surface area contributed by atoms with Crippen LogP contribution in [-0.2, 0) is 18.4 Å². The van der Waals surface area contributed by atoms with Gasteiger partial charge in [0, 0.05) is 49.3 Å². The second-order valence-electron chi connectivity index (χ2n) is 6.84. The second kappa shape index (κ2) is 10.4. The predicted octanol–water partition coefficient (Wildman–Crippen LogP) is 3.97. The number of rotatable bonds is 10. The maximum atomic E-state index is 10.8. The Morgan fingerprint density at radius 2 is 1.87 bits per heavy atom. The van der Waals surface area contributed by atoms with Gasteiger partial charge in [-0.25, -0.2) is 4.98 Å². The van der Waals surface area contributed by atoms with Crippen LogP contribution in [-0.4, -0.2) is 40.3 Å². The highest BCUT2D eigenvalue weighted by Gasteiger charge is 2.11. The highest BCUT2D eigenvalue weighted by Crippen LogP contribution is 2.23. The molecule has 0 aliphatic carbocycles. The Balaban J connectivity index is 1.73. The van der Waals surface area contributed by atoms with Crippen molar-refractivity contribution in [3.8, 4) is 0 Å². The monoisotopic (exact) mass is 445 g/mol. The zero-order valence-electron chi connectivity index (χ0n) is 16.8. The van der Waals surface area contributed by atoms with Crippen molar-refractivity contribution in [2.45, 2.75) is 6.54 Å². The van der Waals surface area contributed by atoms with Crippen LogP contribution >= 0.6 is 23.2 Å². The van der Waals surface area contributed by atoms with Crippen molar-refractivity contribution < 1.29 is 4.79 Å². The summed E-state index contributed by atoms with van der Waals surface area (Å²) in [5, 5.41) is 3.39. The topological polar surface area (TPSA) is 76.2 Å². The van der Waals surface area contributed by atoms with Crippen molar-refractivity contribution in [3.05, 3.63) is 59.9 Å². The zero-order valence-corrected chi connectivity index (χ0v) is 18.3. The summed E-state index contributed by atoms with van der Waals surface area (Å²) in [7, 11) is 2.01. The Bertz CT molecular complexity index is 1020. The van der Waals surface area contributed by atoms with Crippen LogP contribution in [0.25, 0.3) is 17.1 Å². The summed E-state index contributed by atoms with van der Waals surface area (Å²) < 4.78 is 2.09. The van der Waals surface area contributed by atoms with Crippen LogP contribution in [0, 0.1) is 0 Å². The Labute approximate surface area is 186 Å². The van der Waals surface area contributed by atoms with Gasteiger partial charge < -0.3 is 20.5 Å². The Hall–Kier alpha value is -2.70. The average Bonchev–Trinajstić information content (AvgIpc) is 3.06. The van der Waals surface area contributed by atoms with E-state index in [1.807, 2.05) is 31.3 Å². The molecule has 0 unspecified atom stereocenters. The summed E-state index contributed by atoms with van der Waals surface area (Å²) in [5.41, 5.74) is 10.1. The lowest BCUT2D eigenvalue weighted by Crippen LogP contribution is -2.27. The fraction of sp³-hybridized carbons (Fsp3) is 0.273. The number of alkyl halides is 2. The van der Waals surface area contributed by atoms with Gasteiger partial charge in [-0.15, -0.1) is 23.2 Å². The smallest absolute Gasteiger partial charge is 0.241 e. The molecular weight excluding hydrogens is 421 g/mol. The zero-order chi connectivity index (χ0) is 21.5. The lowest BCUT2D eigenvalue weighted by molar-refractivity contribution is -0.113. The number of fused-ring (bicyclic) bond motifs is 1. The van der Waals surface area contributed by atoms with Crippen molar-refractivity contribution >= 4 is 57.6 Å². The number of amides is 1. The molecule has 8 heteroatoms. The molecule has 2 aromatic carbocycles. The number of carbonyl (C=O) groups is 1. The number of primary amides is 1. The SMILES string of the molecule is Cn1c(CNc2ccc(C=CC(N)=O)cc2)nc2cc(N(CCCl)CCCl)ccc21. The van der Waals surface area contributed by atoms with E-state index < -0.39 is 5.91 Å². The highest BCUT2D eigenvalue weighted by molar-refractivity contribution is 6.18. The number of imidazole rings is 1. The van der Waals surface area contributed by atoms with Crippen molar-refractivity contribution in [3.63, 3.8) is 0 Å². The number of anilines is 2. The first-order valence-electron chi connectivity index (χ1n) is 9.65. The third-order valence-corrected chi connectivity index (χ3v) is 5.17. The van der Waals surface area contributed by atoms with Crippen molar-refractivity contribution in [2.75, 3.05) is 35.1 Å². The summed E-state index contributed by atoms with van der Waals surface area (Å²) in [4.78, 5) is 17.8. The minimum Gasteiger partial charge on any atom is -0.378 e. The fourth-order valence-electron chi connectivity index (χ4n) is 3.24. The second-order valence-corrected chi connectivity index (χ2v) is 7.59. The molecule has 3 N–H and O–H groups in total. The van der Waals surface area contributed by atoms with Gasteiger partial charge >= 0.3 is 0 Å². The van der Waals surface area contributed by atoms with Gasteiger partial charge in [0.25, 0.3) is 0 Å². The van der Waals surface area contributed by atoms with Gasteiger partial charge in [0.05, 0.1) is 17.6 Å². The standard InChI is InChI=1S/C22H25Cl2N5O/c1-28-20-8-7-18(29(12-10-23)13-11-24)14-19(20)27-22(28)15-26-17-5-2-16(3-6-17)4-9-21(25)30/h2-9,14,26H,10-13,15H2,1H3,(H2,25,30). The van der Waals surface area contributed by atoms with Crippen LogP contribution in [0.15, 0.2) is 48.5 Å². The molecule has 0 saturated carbocycles. The number of nitrogens with two attached hydrogens (primary N) is 1. The van der Waals surface area contributed by atoms with E-state index in [0.717, 1.165) is 46.9 Å². The summed E-state index contributed by atoms with van der Waals surface area (Å²) in [6.07, 6.45) is 3.03. The molecular formula is C22H25Cl2N5O. The average molecular weight is 446 g/mol. The van der Waals surface area contributed by atoms with Crippen LogP contribution in [0.1, 0.15) is 11.4 Å². The Morgan fingerprint density at radius 1 is 1.17 bits per heavy atom. The van der Waals surface area contributed by atoms with E-state index in [-0.39, 0.29) is 0 Å². The molecule has 0 bridgehead atoms. The molecule has 3 rings (SSSR count). The number of nitrogens with zero attached hydrogens (tertiary/aromatic N) is 3. The quantitative estimate of drug-likeness (QED) is 0.365. The molecule has 0 aliphatic heterocycles. The lowest BCUT2D eigenvalue weighted by Gasteiger charge is -2.22. The first-order chi connectivity index (χ1) is 14.5. The van der Waals surface area contributed by atoms with Crippen LogP contribution in [0.2, 0.25) is 0 Å². The molecule has 0 spiro atoms. The van der Waals surface area contributed by atoms with Crippen molar-refractivity contribution in [1.29, 1.82) is 0 Å². The molecule has 0 radical (unpaired) electrons. The highest BCUT2D eigenvalue weighted by atomic mass is 35.5. The summed E-state index contributed by atoms with van der Waals surface area (Å²) >= 11 is 11.9. The summed E-state index contributed by atoms with van der Waals surface area (Å²) in [6.45, 7) is 2.07. The Kier molecular flexibility index (Phi) is 7.60. The van der Waals surface area contributed by atoms with E-state index in [4.69, 9.17) is 33.9 Å². The van der Waals surface area contributed by atoms with Gasteiger partial charge in [-0.05, 0) is 42.0 Å². The van der Waals surface area contributed by atoms with Crippen molar-refractivity contribution in [2.24, 2.45) is 12.8 Å². The number of benzene rings is 2. The third kappa shape index (κ3) is 5.46. The molecule has 0 saturated heterocycles. The molecule has 1 aromatic heterocycles. The van der Waals surface area contributed by atoms with E-state index in [9.17, 15) is 4.79 Å². The lowest BCUT2D eigenvalue weighted by atomic mass is 10.2. The predicted molar refractivity (Wildman–Crippen MR) is 126 cm³/mol. The van der Waals surface area contributed by atoms with Crippen LogP contribution in [0.5, 0.6) is 0 Å². The molecule has 0 atom stereocenters. The van der Waals surface area contributed by atoms with E-state index in [2.05, 4.69) is 33.0 Å². The molecule has 1 amide bonds. The van der Waals surface area contributed by atoms with Gasteiger partial charge in [0.2, 0.25) is 5.91 Å². The third-order valence-electron chi connectivity index (χ3n) is 4.83. The van der Waals surface area contributed by atoms with Crippen LogP contribution < -0.4 is 16.0 Å². The van der Waals surface area contributed by atoms with E-state index in [0.29, 0.717) is 18.3 Å². The number of nitrogens with one attached hydrogen (secondary N) is 1. The number of aryl methyl sites for hydroxylation is 1. The maximum Gasteiger partial charge on any atom is 0.241 e. The molecule has 3 aromatic rings. The minimum absolute atomic E-state index is 0.462. The number of aromatic nitrogens is 2. The number of hydrogen-bond donors (Lipinski definition) is 2. The molecule has 30 heavy (non-hydrogen) atoms. The van der Waals surface area contributed by atoms with E-state index in [1.54, 1.807) is 6.08 Å². The van der Waals surface area contributed by atoms with E-state index in [1.165, 1.54) is 6.08 Å². The van der Waals surface area contributed by atoms with Crippen molar-refractivity contribution in [1.82, 2.24) is 9.55 Å². The minimum atomic E-state index is -0.462.